The quantitative estimate of drug-likeness (QED) is 0.798. The van der Waals surface area contributed by atoms with Crippen LogP contribution in [-0.2, 0) is 6.54 Å². The molecule has 1 aromatic carbocycles. The Bertz CT molecular complexity index is 407. The topological polar surface area (TPSA) is 55.1 Å². The maximum Gasteiger partial charge on any atom is 0.248 e. The summed E-state index contributed by atoms with van der Waals surface area (Å²) in [4.78, 5) is 11.0. The molecule has 0 bridgehead atoms. The fourth-order valence-corrected chi connectivity index (χ4v) is 1.99. The lowest BCUT2D eigenvalue weighted by molar-refractivity contribution is 0.100. The average molecular weight is 269 g/mol. The van der Waals surface area contributed by atoms with Crippen LogP contribution >= 0.6 is 11.6 Å². The summed E-state index contributed by atoms with van der Waals surface area (Å²) in [5.74, 6) is -0.451. The van der Waals surface area contributed by atoms with Crippen LogP contribution in [0.15, 0.2) is 18.2 Å². The Morgan fingerprint density at radius 1 is 1.50 bits per heavy atom. The number of unbranched alkanes of at least 4 members (excludes halogenated alkanes) is 1. The van der Waals surface area contributed by atoms with Crippen molar-refractivity contribution in [3.05, 3.63) is 34.3 Å². The Morgan fingerprint density at radius 2 is 2.22 bits per heavy atom. The summed E-state index contributed by atoms with van der Waals surface area (Å²) in [5, 5.41) is 4.01. The van der Waals surface area contributed by atoms with E-state index in [-0.39, 0.29) is 0 Å². The first-order valence-corrected chi connectivity index (χ1v) is 6.74. The molecule has 0 aliphatic carbocycles. The normalized spacial score (nSPS) is 12.4. The molecule has 0 fully saturated rings. The number of halogens is 1. The molecule has 0 saturated heterocycles. The number of benzene rings is 1. The fraction of sp³-hybridized carbons (Fsp3) is 0.500. The van der Waals surface area contributed by atoms with Gasteiger partial charge in [0.1, 0.15) is 0 Å². The van der Waals surface area contributed by atoms with Crippen LogP contribution in [0.25, 0.3) is 0 Å². The van der Waals surface area contributed by atoms with E-state index in [4.69, 9.17) is 17.3 Å². The van der Waals surface area contributed by atoms with Crippen LogP contribution in [0.5, 0.6) is 0 Å². The van der Waals surface area contributed by atoms with Crippen molar-refractivity contribution in [3.8, 4) is 0 Å². The van der Waals surface area contributed by atoms with Gasteiger partial charge in [-0.2, -0.15) is 0 Å². The van der Waals surface area contributed by atoms with Crippen molar-refractivity contribution in [1.29, 1.82) is 0 Å². The van der Waals surface area contributed by atoms with Gasteiger partial charge in [-0.25, -0.2) is 0 Å². The third kappa shape index (κ3) is 4.67. The molecule has 3 nitrogen and oxygen atoms in total. The van der Waals surface area contributed by atoms with Crippen molar-refractivity contribution in [2.45, 2.75) is 45.7 Å². The molecule has 0 spiro atoms. The number of nitrogens with two attached hydrogens (primary N) is 1. The van der Waals surface area contributed by atoms with Gasteiger partial charge in [0.25, 0.3) is 0 Å². The lowest BCUT2D eigenvalue weighted by Gasteiger charge is -2.14. The van der Waals surface area contributed by atoms with E-state index in [0.29, 0.717) is 23.2 Å². The van der Waals surface area contributed by atoms with Gasteiger partial charge in [0.05, 0.1) is 0 Å². The zero-order valence-electron chi connectivity index (χ0n) is 11.0. The molecule has 1 unspecified atom stereocenters. The molecule has 1 amide bonds. The molecule has 18 heavy (non-hydrogen) atoms. The monoisotopic (exact) mass is 268 g/mol. The third-order valence-corrected chi connectivity index (χ3v) is 3.32. The fourth-order valence-electron chi connectivity index (χ4n) is 1.74. The van der Waals surface area contributed by atoms with Gasteiger partial charge in [-0.05, 0) is 31.0 Å². The maximum atomic E-state index is 11.0. The number of rotatable bonds is 7. The van der Waals surface area contributed by atoms with Crippen molar-refractivity contribution in [2.24, 2.45) is 5.73 Å². The number of nitrogens with one attached hydrogen (secondary N) is 1. The minimum absolute atomic E-state index is 0.447. The molecule has 100 valence electrons. The lowest BCUT2D eigenvalue weighted by atomic mass is 10.1. The Kier molecular flexibility index (Phi) is 6.16. The zero-order chi connectivity index (χ0) is 13.5. The van der Waals surface area contributed by atoms with Gasteiger partial charge in [0, 0.05) is 23.2 Å². The Morgan fingerprint density at radius 3 is 2.78 bits per heavy atom. The Labute approximate surface area is 114 Å². The number of primary amides is 1. The van der Waals surface area contributed by atoms with Crippen molar-refractivity contribution < 1.29 is 4.79 Å². The summed E-state index contributed by atoms with van der Waals surface area (Å²) in [6.07, 6.45) is 3.59. The zero-order valence-corrected chi connectivity index (χ0v) is 11.8. The van der Waals surface area contributed by atoms with E-state index in [1.165, 1.54) is 12.8 Å². The van der Waals surface area contributed by atoms with E-state index < -0.39 is 5.91 Å². The summed E-state index contributed by atoms with van der Waals surface area (Å²) < 4.78 is 0. The van der Waals surface area contributed by atoms with Gasteiger partial charge >= 0.3 is 0 Å². The number of hydrogen-bond donors (Lipinski definition) is 2. The Hall–Kier alpha value is -1.06. The second-order valence-electron chi connectivity index (χ2n) is 4.59. The van der Waals surface area contributed by atoms with Gasteiger partial charge in [0.2, 0.25) is 5.91 Å². The van der Waals surface area contributed by atoms with Crippen LogP contribution in [0, 0.1) is 0 Å². The van der Waals surface area contributed by atoms with Gasteiger partial charge < -0.3 is 11.1 Å². The molecular weight excluding hydrogens is 248 g/mol. The molecule has 0 aliphatic rings. The van der Waals surface area contributed by atoms with Crippen molar-refractivity contribution in [2.75, 3.05) is 0 Å². The molecule has 3 N–H and O–H groups in total. The van der Waals surface area contributed by atoms with E-state index in [1.807, 2.05) is 6.07 Å². The first-order valence-electron chi connectivity index (χ1n) is 6.36. The van der Waals surface area contributed by atoms with Gasteiger partial charge in [0.15, 0.2) is 0 Å². The highest BCUT2D eigenvalue weighted by Gasteiger charge is 2.07. The first kappa shape index (κ1) is 15.0. The average Bonchev–Trinajstić information content (AvgIpc) is 2.34. The maximum absolute atomic E-state index is 11.0. The smallest absolute Gasteiger partial charge is 0.248 e. The van der Waals surface area contributed by atoms with Crippen molar-refractivity contribution in [3.63, 3.8) is 0 Å². The van der Waals surface area contributed by atoms with Crippen LogP contribution in [0.3, 0.4) is 0 Å². The second kappa shape index (κ2) is 7.39. The molecule has 1 rings (SSSR count). The van der Waals surface area contributed by atoms with Crippen molar-refractivity contribution in [1.82, 2.24) is 5.32 Å². The molecule has 0 radical (unpaired) electrons. The molecule has 1 aromatic rings. The summed E-state index contributed by atoms with van der Waals surface area (Å²) in [6, 6.07) is 5.65. The highest BCUT2D eigenvalue weighted by atomic mass is 35.5. The number of hydrogen-bond acceptors (Lipinski definition) is 2. The minimum atomic E-state index is -0.451. The van der Waals surface area contributed by atoms with E-state index in [0.717, 1.165) is 12.0 Å². The lowest BCUT2D eigenvalue weighted by Crippen LogP contribution is -2.25. The van der Waals surface area contributed by atoms with Crippen LogP contribution in [-0.4, -0.2) is 11.9 Å². The van der Waals surface area contributed by atoms with Crippen LogP contribution < -0.4 is 11.1 Å². The third-order valence-electron chi connectivity index (χ3n) is 2.97. The van der Waals surface area contributed by atoms with Gasteiger partial charge in [-0.3, -0.25) is 4.79 Å². The molecular formula is C14H21ClN2O. The summed E-state index contributed by atoms with van der Waals surface area (Å²) >= 11 is 6.11. The number of carbonyl (C=O) groups excluding carboxylic acids is 1. The largest absolute Gasteiger partial charge is 0.366 e. The standard InChI is InChI=1S/C14H21ClN2O/c1-3-4-5-10(2)17-9-12-7-6-11(14(16)18)8-13(12)15/h6-8,10,17H,3-5,9H2,1-2H3,(H2,16,18). The second-order valence-corrected chi connectivity index (χ2v) is 5.00. The molecule has 0 aromatic heterocycles. The van der Waals surface area contributed by atoms with Gasteiger partial charge in [-0.1, -0.05) is 37.4 Å². The van der Waals surface area contributed by atoms with E-state index >= 15 is 0 Å². The molecule has 0 heterocycles. The van der Waals surface area contributed by atoms with Crippen LogP contribution in [0.2, 0.25) is 5.02 Å². The van der Waals surface area contributed by atoms with E-state index in [9.17, 15) is 4.79 Å². The summed E-state index contributed by atoms with van der Waals surface area (Å²) in [7, 11) is 0. The summed E-state index contributed by atoms with van der Waals surface area (Å²) in [5.41, 5.74) is 6.63. The van der Waals surface area contributed by atoms with E-state index in [1.54, 1.807) is 12.1 Å². The summed E-state index contributed by atoms with van der Waals surface area (Å²) in [6.45, 7) is 5.07. The predicted octanol–water partition coefficient (Wildman–Crippen LogP) is 3.11. The number of carbonyl (C=O) groups is 1. The SMILES string of the molecule is CCCCC(C)NCc1ccc(C(N)=O)cc1Cl. The number of amides is 1. The van der Waals surface area contributed by atoms with E-state index in [2.05, 4.69) is 19.2 Å². The molecule has 0 saturated carbocycles. The first-order chi connectivity index (χ1) is 8.54. The molecule has 4 heteroatoms. The predicted molar refractivity (Wildman–Crippen MR) is 75.8 cm³/mol. The van der Waals surface area contributed by atoms with Crippen LogP contribution in [0.4, 0.5) is 0 Å². The highest BCUT2D eigenvalue weighted by molar-refractivity contribution is 6.31. The van der Waals surface area contributed by atoms with Crippen LogP contribution in [0.1, 0.15) is 49.0 Å². The Balaban J connectivity index is 2.55. The molecule has 0 aliphatic heterocycles. The molecule has 1 atom stereocenters. The minimum Gasteiger partial charge on any atom is -0.366 e. The van der Waals surface area contributed by atoms with Crippen molar-refractivity contribution >= 4 is 17.5 Å². The van der Waals surface area contributed by atoms with Gasteiger partial charge in [-0.15, -0.1) is 0 Å². The highest BCUT2D eigenvalue weighted by Crippen LogP contribution is 2.18.